The Morgan fingerprint density at radius 2 is 1.95 bits per heavy atom. The lowest BCUT2D eigenvalue weighted by molar-refractivity contribution is -0.141. The third-order valence-electron chi connectivity index (χ3n) is 3.30. The van der Waals surface area contributed by atoms with Gasteiger partial charge in [-0.15, -0.1) is 0 Å². The highest BCUT2D eigenvalue weighted by Gasteiger charge is 2.47. The fourth-order valence-electron chi connectivity index (χ4n) is 2.16. The summed E-state index contributed by atoms with van der Waals surface area (Å²) in [6.45, 7) is 8.47. The van der Waals surface area contributed by atoms with E-state index in [1.807, 2.05) is 6.92 Å². The maximum absolute atomic E-state index is 11.9. The van der Waals surface area contributed by atoms with Crippen molar-refractivity contribution in [3.8, 4) is 0 Å². The lowest BCUT2D eigenvalue weighted by Gasteiger charge is -2.50. The number of nitrogens with zero attached hydrogens (tertiary/aromatic N) is 1. The molecule has 1 aliphatic rings. The number of carbonyl (C=O) groups excluding carboxylic acids is 1. The van der Waals surface area contributed by atoms with Crippen LogP contribution >= 0.6 is 0 Å². The van der Waals surface area contributed by atoms with Crippen LogP contribution in [0.4, 0.5) is 4.79 Å². The summed E-state index contributed by atoms with van der Waals surface area (Å²) in [6.07, 6.45) is -0.473. The average Bonchev–Trinajstić information content (AvgIpc) is 2.28. The predicted molar refractivity (Wildman–Crippen MR) is 77.3 cm³/mol. The molecule has 1 aliphatic heterocycles. The third kappa shape index (κ3) is 5.51. The van der Waals surface area contributed by atoms with Crippen molar-refractivity contribution in [2.45, 2.75) is 51.4 Å². The van der Waals surface area contributed by atoms with Gasteiger partial charge in [0.05, 0.1) is 18.1 Å². The van der Waals surface area contributed by atoms with Crippen LogP contribution in [0.15, 0.2) is 0 Å². The molecule has 0 saturated carbocycles. The second kappa shape index (κ2) is 6.62. The van der Waals surface area contributed by atoms with Gasteiger partial charge in [0.25, 0.3) is 0 Å². The van der Waals surface area contributed by atoms with Crippen LogP contribution in [0.5, 0.6) is 0 Å². The van der Waals surface area contributed by atoms with Crippen LogP contribution in [0, 0.1) is 0 Å². The van der Waals surface area contributed by atoms with Gasteiger partial charge in [0.15, 0.2) is 0 Å². The summed E-state index contributed by atoms with van der Waals surface area (Å²) >= 11 is 0. The molecule has 1 rings (SSSR count). The van der Waals surface area contributed by atoms with Crippen molar-refractivity contribution < 1.29 is 24.2 Å². The number of carboxylic acid groups (broad SMARTS) is 1. The second-order valence-electron chi connectivity index (χ2n) is 6.61. The van der Waals surface area contributed by atoms with Crippen molar-refractivity contribution in [2.75, 3.05) is 26.7 Å². The van der Waals surface area contributed by atoms with Gasteiger partial charge < -0.3 is 24.8 Å². The number of aliphatic carboxylic acids is 1. The normalized spacial score (nSPS) is 18.8. The van der Waals surface area contributed by atoms with Crippen molar-refractivity contribution in [1.82, 2.24) is 10.2 Å². The zero-order chi connectivity index (χ0) is 16.3. The van der Waals surface area contributed by atoms with Crippen molar-refractivity contribution in [3.05, 3.63) is 0 Å². The standard InChI is InChI=1S/C14H26N2O5/c1-10(20-5)7-15-14(6-11(17)18)8-16(9-14)12(19)21-13(2,3)4/h10,15H,6-9H2,1-5H3,(H,17,18). The van der Waals surface area contributed by atoms with Crippen LogP contribution < -0.4 is 5.32 Å². The minimum atomic E-state index is -0.892. The first kappa shape index (κ1) is 17.7. The van der Waals surface area contributed by atoms with Crippen LogP contribution in [0.3, 0.4) is 0 Å². The molecule has 1 unspecified atom stereocenters. The van der Waals surface area contributed by atoms with Crippen LogP contribution in [-0.4, -0.2) is 66.1 Å². The minimum Gasteiger partial charge on any atom is -0.481 e. The Labute approximate surface area is 125 Å². The van der Waals surface area contributed by atoms with Crippen LogP contribution in [0.1, 0.15) is 34.1 Å². The highest BCUT2D eigenvalue weighted by atomic mass is 16.6. The second-order valence-corrected chi connectivity index (χ2v) is 6.61. The van der Waals surface area contributed by atoms with E-state index in [1.54, 1.807) is 27.9 Å². The van der Waals surface area contributed by atoms with Gasteiger partial charge in [-0.05, 0) is 27.7 Å². The average molecular weight is 302 g/mol. The van der Waals surface area contributed by atoms with E-state index in [1.165, 1.54) is 4.90 Å². The van der Waals surface area contributed by atoms with E-state index in [-0.39, 0.29) is 12.5 Å². The first-order valence-electron chi connectivity index (χ1n) is 7.04. The number of rotatable bonds is 6. The molecule has 122 valence electrons. The Morgan fingerprint density at radius 1 is 1.38 bits per heavy atom. The van der Waals surface area contributed by atoms with E-state index < -0.39 is 23.2 Å². The smallest absolute Gasteiger partial charge is 0.410 e. The minimum absolute atomic E-state index is 0.0220. The summed E-state index contributed by atoms with van der Waals surface area (Å²) < 4.78 is 10.4. The van der Waals surface area contributed by atoms with E-state index in [4.69, 9.17) is 14.6 Å². The fourth-order valence-corrected chi connectivity index (χ4v) is 2.16. The summed E-state index contributed by atoms with van der Waals surface area (Å²) in [5, 5.41) is 12.2. The highest BCUT2D eigenvalue weighted by Crippen LogP contribution is 2.26. The lowest BCUT2D eigenvalue weighted by atomic mass is 9.86. The molecule has 0 bridgehead atoms. The number of methoxy groups -OCH3 is 1. The monoisotopic (exact) mass is 302 g/mol. The van der Waals surface area contributed by atoms with Crippen molar-refractivity contribution in [3.63, 3.8) is 0 Å². The molecule has 7 heteroatoms. The lowest BCUT2D eigenvalue weighted by Crippen LogP contribution is -2.71. The van der Waals surface area contributed by atoms with Gasteiger partial charge in [-0.2, -0.15) is 0 Å². The molecule has 0 aromatic carbocycles. The van der Waals surface area contributed by atoms with Crippen molar-refractivity contribution >= 4 is 12.1 Å². The maximum Gasteiger partial charge on any atom is 0.410 e. The molecule has 0 aromatic rings. The molecule has 1 amide bonds. The zero-order valence-corrected chi connectivity index (χ0v) is 13.4. The molecule has 0 aliphatic carbocycles. The third-order valence-corrected chi connectivity index (χ3v) is 3.30. The number of hydrogen-bond donors (Lipinski definition) is 2. The Balaban J connectivity index is 2.57. The maximum atomic E-state index is 11.9. The molecule has 0 radical (unpaired) electrons. The fraction of sp³-hybridized carbons (Fsp3) is 0.857. The number of carboxylic acids is 1. The first-order valence-corrected chi connectivity index (χ1v) is 7.04. The molecule has 21 heavy (non-hydrogen) atoms. The van der Waals surface area contributed by atoms with Gasteiger partial charge in [-0.3, -0.25) is 4.79 Å². The molecular weight excluding hydrogens is 276 g/mol. The molecule has 7 nitrogen and oxygen atoms in total. The number of likely N-dealkylation sites (tertiary alicyclic amines) is 1. The predicted octanol–water partition coefficient (Wildman–Crippen LogP) is 1.08. The quantitative estimate of drug-likeness (QED) is 0.763. The van der Waals surface area contributed by atoms with Crippen LogP contribution in [0.25, 0.3) is 0 Å². The van der Waals surface area contributed by atoms with E-state index in [9.17, 15) is 9.59 Å². The summed E-state index contributed by atoms with van der Waals surface area (Å²) in [5.41, 5.74) is -1.16. The van der Waals surface area contributed by atoms with Gasteiger partial charge in [-0.25, -0.2) is 4.79 Å². The summed E-state index contributed by atoms with van der Waals surface area (Å²) in [4.78, 5) is 24.4. The number of carbonyl (C=O) groups is 2. The molecule has 2 N–H and O–H groups in total. The van der Waals surface area contributed by atoms with Crippen molar-refractivity contribution in [1.29, 1.82) is 0 Å². The zero-order valence-electron chi connectivity index (χ0n) is 13.4. The van der Waals surface area contributed by atoms with Gasteiger partial charge in [-0.1, -0.05) is 0 Å². The Bertz CT molecular complexity index is 385. The van der Waals surface area contributed by atoms with Gasteiger partial charge >= 0.3 is 12.1 Å². The molecule has 1 saturated heterocycles. The summed E-state index contributed by atoms with van der Waals surface area (Å²) in [5.74, 6) is -0.892. The molecule has 0 aromatic heterocycles. The molecule has 0 spiro atoms. The van der Waals surface area contributed by atoms with E-state index >= 15 is 0 Å². The van der Waals surface area contributed by atoms with Gasteiger partial charge in [0.1, 0.15) is 5.60 Å². The topological polar surface area (TPSA) is 88.1 Å². The molecule has 1 atom stereocenters. The molecule has 1 fully saturated rings. The number of hydrogen-bond acceptors (Lipinski definition) is 5. The summed E-state index contributed by atoms with van der Waals surface area (Å²) in [7, 11) is 1.60. The largest absolute Gasteiger partial charge is 0.481 e. The molecule has 1 heterocycles. The Hall–Kier alpha value is -1.34. The Kier molecular flexibility index (Phi) is 5.58. The van der Waals surface area contributed by atoms with E-state index in [2.05, 4.69) is 5.32 Å². The SMILES string of the molecule is COC(C)CNC1(CC(=O)O)CN(C(=O)OC(C)(C)C)C1. The van der Waals surface area contributed by atoms with Gasteiger partial charge in [0.2, 0.25) is 0 Å². The first-order chi connectivity index (χ1) is 9.57. The number of amides is 1. The molecular formula is C14H26N2O5. The Morgan fingerprint density at radius 3 is 2.38 bits per heavy atom. The van der Waals surface area contributed by atoms with Crippen molar-refractivity contribution in [2.24, 2.45) is 0 Å². The number of ether oxygens (including phenoxy) is 2. The van der Waals surface area contributed by atoms with E-state index in [0.29, 0.717) is 19.6 Å². The number of nitrogens with one attached hydrogen (secondary N) is 1. The highest BCUT2D eigenvalue weighted by molar-refractivity contribution is 5.73. The summed E-state index contributed by atoms with van der Waals surface area (Å²) in [6, 6.07) is 0. The van der Waals surface area contributed by atoms with Crippen LogP contribution in [-0.2, 0) is 14.3 Å². The van der Waals surface area contributed by atoms with E-state index in [0.717, 1.165) is 0 Å². The van der Waals surface area contributed by atoms with Gasteiger partial charge in [0, 0.05) is 26.7 Å². The van der Waals surface area contributed by atoms with Crippen LogP contribution in [0.2, 0.25) is 0 Å².